The Morgan fingerprint density at radius 1 is 0.676 bits per heavy atom. The van der Waals surface area contributed by atoms with Crippen LogP contribution >= 0.6 is 0 Å². The number of benzene rings is 2. The molecule has 0 radical (unpaired) electrons. The number of halogens is 6. The second kappa shape index (κ2) is 12.3. The van der Waals surface area contributed by atoms with Crippen LogP contribution in [0.4, 0.5) is 26.3 Å². The second-order valence-electron chi connectivity index (χ2n) is 6.68. The molecule has 4 rings (SSSR count). The number of fused-ring (bicyclic) bond motifs is 2. The first-order valence-corrected chi connectivity index (χ1v) is 15.3. The molecule has 0 spiro atoms. The van der Waals surface area contributed by atoms with Gasteiger partial charge in [0.15, 0.2) is 20.2 Å². The van der Waals surface area contributed by atoms with E-state index in [0.29, 0.717) is 0 Å². The quantitative estimate of drug-likeness (QED) is 0.130. The number of hydrogen-bond acceptors (Lipinski definition) is 8. The van der Waals surface area contributed by atoms with Gasteiger partial charge in [0.1, 0.15) is 0 Å². The fourth-order valence-corrected chi connectivity index (χ4v) is 5.79. The zero-order valence-electron chi connectivity index (χ0n) is 17.9. The Kier molecular flexibility index (Phi) is 10.4. The SMILES string of the molecule is O=S(=O)([O-])C(F)(F)F.O=S(=O)([O-])C(F)(F)F.c1ccc2c(c1)n[se][n+]2CCC[n+]1[se]nc2ccccc21. The number of para-hydroxylation sites is 2. The molecule has 0 amide bonds. The van der Waals surface area contributed by atoms with E-state index in [1.165, 1.54) is 11.0 Å². The van der Waals surface area contributed by atoms with E-state index in [9.17, 15) is 26.3 Å². The zero-order chi connectivity index (χ0) is 28.1. The van der Waals surface area contributed by atoms with E-state index < -0.39 is 31.3 Å². The van der Waals surface area contributed by atoms with Gasteiger partial charge in [-0.25, -0.2) is 16.8 Å². The maximum atomic E-state index is 10.7. The Hall–Kier alpha value is -1.92. The van der Waals surface area contributed by atoms with Crippen LogP contribution in [0.25, 0.3) is 22.1 Å². The first kappa shape index (κ1) is 31.3. The molecule has 0 bridgehead atoms. The number of hydrogen-bond donors (Lipinski definition) is 0. The van der Waals surface area contributed by atoms with Crippen LogP contribution in [-0.4, -0.2) is 74.8 Å². The average molecular weight is 706 g/mol. The van der Waals surface area contributed by atoms with Gasteiger partial charge in [0.25, 0.3) is 0 Å². The van der Waals surface area contributed by atoms with Crippen molar-refractivity contribution in [2.24, 2.45) is 0 Å². The zero-order valence-corrected chi connectivity index (χ0v) is 22.9. The molecule has 2 aromatic heterocycles. The Balaban J connectivity index is 0.000000251. The summed E-state index contributed by atoms with van der Waals surface area (Å²) in [4.78, 5) is 0. The molecule has 0 N–H and O–H groups in total. The van der Waals surface area contributed by atoms with Crippen LogP contribution in [0.15, 0.2) is 48.5 Å². The second-order valence-corrected chi connectivity index (χ2v) is 12.7. The van der Waals surface area contributed by atoms with E-state index in [2.05, 4.69) is 63.6 Å². The van der Waals surface area contributed by atoms with E-state index in [0.717, 1.165) is 30.5 Å². The molecule has 2 aromatic carbocycles. The molecule has 0 aliphatic carbocycles. The van der Waals surface area contributed by atoms with Crippen LogP contribution < -0.4 is 7.12 Å². The molecular weight excluding hydrogens is 692 g/mol. The van der Waals surface area contributed by atoms with Crippen molar-refractivity contribution >= 4 is 72.2 Å². The standard InChI is InChI=1S/C15H14N4Se2.2CHF3O3S/c1-3-8-14-12(6-1)16-20-18(14)10-5-11-19-15-9-4-2-7-13(15)17-21-19;2*2-1(3,4)8(5,6)7/h1-4,6-9H,5,10-11H2;2*(H,5,6,7)/q+2;;/p-2. The van der Waals surface area contributed by atoms with Crippen molar-refractivity contribution in [1.29, 1.82) is 0 Å². The Morgan fingerprint density at radius 3 is 1.27 bits per heavy atom. The number of alkyl halides is 6. The van der Waals surface area contributed by atoms with Crippen LogP contribution in [0.2, 0.25) is 0 Å². The predicted octanol–water partition coefficient (Wildman–Crippen LogP) is 0.665. The van der Waals surface area contributed by atoms with Gasteiger partial charge >= 0.3 is 146 Å². The van der Waals surface area contributed by atoms with E-state index in [-0.39, 0.29) is 29.9 Å². The van der Waals surface area contributed by atoms with Crippen LogP contribution in [0, 0.1) is 0 Å². The molecule has 4 aromatic rings. The summed E-state index contributed by atoms with van der Waals surface area (Å²) in [6, 6.07) is 16.9. The third-order valence-electron chi connectivity index (χ3n) is 4.07. The molecule has 10 nitrogen and oxygen atoms in total. The molecule has 0 unspecified atom stereocenters. The minimum absolute atomic E-state index is 0.224. The van der Waals surface area contributed by atoms with Gasteiger partial charge in [0.05, 0.1) is 0 Å². The van der Waals surface area contributed by atoms with Crippen molar-refractivity contribution < 1.29 is 59.4 Å². The third kappa shape index (κ3) is 9.10. The monoisotopic (exact) mass is 708 g/mol. The first-order chi connectivity index (χ1) is 16.9. The predicted molar refractivity (Wildman–Crippen MR) is 114 cm³/mol. The van der Waals surface area contributed by atoms with Gasteiger partial charge in [-0.2, -0.15) is 26.3 Å². The molecule has 0 saturated carbocycles. The molecule has 0 saturated heterocycles. The maximum absolute atomic E-state index is 10.7. The van der Waals surface area contributed by atoms with Crippen molar-refractivity contribution in [2.75, 3.05) is 0 Å². The van der Waals surface area contributed by atoms with Crippen LogP contribution in [0.3, 0.4) is 0 Å². The fraction of sp³-hybridized carbons (Fsp3) is 0.294. The Morgan fingerprint density at radius 2 is 0.973 bits per heavy atom. The van der Waals surface area contributed by atoms with Gasteiger partial charge in [-0.15, -0.1) is 0 Å². The molecule has 37 heavy (non-hydrogen) atoms. The summed E-state index contributed by atoms with van der Waals surface area (Å²) in [5.74, 6) is 0. The van der Waals surface area contributed by atoms with E-state index in [4.69, 9.17) is 25.9 Å². The molecule has 20 heteroatoms. The van der Waals surface area contributed by atoms with Crippen molar-refractivity contribution in [2.45, 2.75) is 30.5 Å². The van der Waals surface area contributed by atoms with Gasteiger partial charge in [0.2, 0.25) is 0 Å². The summed E-state index contributed by atoms with van der Waals surface area (Å²) >= 11 is 0.449. The van der Waals surface area contributed by atoms with Gasteiger partial charge in [-0.1, -0.05) is 0 Å². The van der Waals surface area contributed by atoms with Crippen LogP contribution in [0.1, 0.15) is 6.42 Å². The molecule has 0 fully saturated rings. The Bertz CT molecular complexity index is 1440. The summed E-state index contributed by atoms with van der Waals surface area (Å²) in [5.41, 5.74) is -6.38. The summed E-state index contributed by atoms with van der Waals surface area (Å²) in [5, 5.41) is 0. The number of nitrogens with zero attached hydrogens (tertiary/aromatic N) is 4. The normalized spacial score (nSPS) is 12.5. The van der Waals surface area contributed by atoms with Gasteiger partial charge < -0.3 is 9.11 Å². The van der Waals surface area contributed by atoms with Crippen molar-refractivity contribution in [1.82, 2.24) is 7.96 Å². The summed E-state index contributed by atoms with van der Waals surface area (Å²) in [6.07, 6.45) is 1.15. The summed E-state index contributed by atoms with van der Waals surface area (Å²) < 4.78 is 132. The van der Waals surface area contributed by atoms with E-state index >= 15 is 0 Å². The molecule has 2 heterocycles. The average Bonchev–Trinajstić information content (AvgIpc) is 3.37. The topological polar surface area (TPSA) is 148 Å². The third-order valence-corrected chi connectivity index (χ3v) is 8.79. The Labute approximate surface area is 218 Å². The van der Waals surface area contributed by atoms with Crippen molar-refractivity contribution in [3.63, 3.8) is 0 Å². The van der Waals surface area contributed by atoms with Crippen molar-refractivity contribution in [3.8, 4) is 0 Å². The van der Waals surface area contributed by atoms with Crippen LogP contribution in [-0.2, 0) is 33.3 Å². The van der Waals surface area contributed by atoms with Gasteiger partial charge in [-0.05, 0) is 0 Å². The number of rotatable bonds is 4. The molecular formula is C17H14F6N4O6S2Se2. The molecule has 0 aliphatic rings. The van der Waals surface area contributed by atoms with Gasteiger partial charge in [-0.3, -0.25) is 0 Å². The van der Waals surface area contributed by atoms with E-state index in [1.54, 1.807) is 0 Å². The molecule has 0 aliphatic heterocycles. The van der Waals surface area contributed by atoms with E-state index in [1.807, 2.05) is 0 Å². The van der Waals surface area contributed by atoms with Crippen LogP contribution in [0.5, 0.6) is 0 Å². The minimum atomic E-state index is -6.09. The fourth-order valence-electron chi connectivity index (χ4n) is 2.46. The van der Waals surface area contributed by atoms with Gasteiger partial charge in [0, 0.05) is 0 Å². The first-order valence-electron chi connectivity index (χ1n) is 9.45. The molecule has 0 atom stereocenters. The number of aryl methyl sites for hydroxylation is 2. The molecule has 204 valence electrons. The number of aromatic nitrogens is 4. The van der Waals surface area contributed by atoms with Crippen molar-refractivity contribution in [3.05, 3.63) is 48.5 Å². The summed E-state index contributed by atoms with van der Waals surface area (Å²) in [7, 11) is -12.2. The summed E-state index contributed by atoms with van der Waals surface area (Å²) in [6.45, 7) is 2.16.